The number of aryl methyl sites for hydroxylation is 2. The van der Waals surface area contributed by atoms with Crippen molar-refractivity contribution in [1.29, 1.82) is 0 Å². The van der Waals surface area contributed by atoms with Crippen LogP contribution in [-0.4, -0.2) is 145 Å². The van der Waals surface area contributed by atoms with Crippen LogP contribution >= 0.6 is 0 Å². The van der Waals surface area contributed by atoms with Gasteiger partial charge in [0.15, 0.2) is 0 Å². The van der Waals surface area contributed by atoms with Gasteiger partial charge in [0, 0.05) is 126 Å². The summed E-state index contributed by atoms with van der Waals surface area (Å²) in [7, 11) is 8.68. The second-order valence-electron chi connectivity index (χ2n) is 28.5. The van der Waals surface area contributed by atoms with Crippen molar-refractivity contribution in [3.63, 3.8) is 0 Å². The van der Waals surface area contributed by atoms with Crippen LogP contribution in [0.4, 0.5) is 40.6 Å². The highest BCUT2D eigenvalue weighted by Crippen LogP contribution is 2.46. The maximum absolute atomic E-state index is 15.7. The van der Waals surface area contributed by atoms with Gasteiger partial charge in [0.1, 0.15) is 41.2 Å². The maximum atomic E-state index is 15.7. The molecule has 5 heterocycles. The van der Waals surface area contributed by atoms with Gasteiger partial charge in [-0.05, 0) is 143 Å². The lowest BCUT2D eigenvalue weighted by Crippen LogP contribution is -2.40. The first-order chi connectivity index (χ1) is 53.5. The number of anilines is 3. The summed E-state index contributed by atoms with van der Waals surface area (Å²) < 4.78 is 61.4. The highest BCUT2D eigenvalue weighted by Gasteiger charge is 2.47. The fraction of sp³-hybridized carbons (Fsp3) is 0.365. The molecule has 0 bridgehead atoms. The second kappa shape index (κ2) is 37.2. The molecule has 14 rings (SSSR count). The van der Waals surface area contributed by atoms with Gasteiger partial charge in [-0.15, -0.1) is 5.10 Å². The van der Waals surface area contributed by atoms with Crippen LogP contribution in [0.15, 0.2) is 207 Å². The zero-order chi connectivity index (χ0) is 77.2. The first-order valence-electron chi connectivity index (χ1n) is 37.7. The van der Waals surface area contributed by atoms with Crippen LogP contribution in [0.5, 0.6) is 5.88 Å². The summed E-state index contributed by atoms with van der Waals surface area (Å²) in [5.41, 5.74) is 11.1. The largest absolute Gasteiger partial charge is 0.477 e. The van der Waals surface area contributed by atoms with Gasteiger partial charge in [-0.3, -0.25) is 25.3 Å². The van der Waals surface area contributed by atoms with E-state index < -0.39 is 36.2 Å². The van der Waals surface area contributed by atoms with Crippen molar-refractivity contribution in [3.05, 3.63) is 240 Å². The number of rotatable bonds is 25. The van der Waals surface area contributed by atoms with Gasteiger partial charge >= 0.3 is 18.1 Å². The van der Waals surface area contributed by atoms with E-state index in [1.54, 1.807) is 57.1 Å². The number of carbonyl (C=O) groups is 3. The van der Waals surface area contributed by atoms with Gasteiger partial charge < -0.3 is 34.9 Å². The van der Waals surface area contributed by atoms with E-state index in [4.69, 9.17) is 29.1 Å². The molecule has 0 unspecified atom stereocenters. The minimum atomic E-state index is -1.08. The first-order valence-corrected chi connectivity index (χ1v) is 37.7. The zero-order valence-electron chi connectivity index (χ0n) is 63.8. The molecule has 3 saturated carbocycles. The van der Waals surface area contributed by atoms with E-state index in [9.17, 15) is 14.4 Å². The Morgan fingerprint density at radius 1 is 0.445 bits per heavy atom. The average Bonchev–Trinajstić information content (AvgIpc) is 1.64. The topological polar surface area (TPSA) is 249 Å². The van der Waals surface area contributed by atoms with Gasteiger partial charge in [-0.1, -0.05) is 146 Å². The van der Waals surface area contributed by atoms with Crippen molar-refractivity contribution in [1.82, 2.24) is 64.9 Å². The number of aromatic nitrogens is 10. The van der Waals surface area contributed by atoms with E-state index in [-0.39, 0.29) is 41.9 Å². The number of nitrogens with zero attached hydrogens (tertiary/aromatic N) is 10. The summed E-state index contributed by atoms with van der Waals surface area (Å²) in [5, 5.41) is 41.3. The SMILES string of the molecule is CCOc1nn(-c2ccccc2)c(NC(=O)N[C@@H]2C[C@@H](CCOC)C[C@H]2c2ccccc2)c1C.COCC[C@@H]1C[C@@H](NC(=O)Nc2c(C)c(-c3cnn(C)c3)nn2-c2ccccc2)[C@H](c2ccccc2)[C@@H]1F.COCC[C@@H]1C[C@@H](NC(=O)Nc2c(C)c(-c3cnn(C)c3)nn2-c2ccccc2)[C@H](c2ccccc2)[C@H]1F. The molecule has 576 valence electrons. The Hall–Kier alpha value is -11.3. The summed E-state index contributed by atoms with van der Waals surface area (Å²) in [4.78, 5) is 40.1. The molecule has 110 heavy (non-hydrogen) atoms. The van der Waals surface area contributed by atoms with E-state index >= 15 is 8.78 Å². The molecule has 23 nitrogen and oxygen atoms in total. The molecule has 0 spiro atoms. The van der Waals surface area contributed by atoms with Crippen molar-refractivity contribution in [2.24, 2.45) is 31.8 Å². The van der Waals surface area contributed by atoms with Crippen LogP contribution in [0.3, 0.4) is 0 Å². The molecule has 0 aliphatic heterocycles. The van der Waals surface area contributed by atoms with Crippen LogP contribution in [0.1, 0.15) is 103 Å². The molecule has 3 fully saturated rings. The van der Waals surface area contributed by atoms with Crippen molar-refractivity contribution in [2.75, 3.05) is 63.7 Å². The molecule has 6 N–H and O–H groups in total. The fourth-order valence-corrected chi connectivity index (χ4v) is 15.7. The lowest BCUT2D eigenvalue weighted by molar-refractivity contribution is 0.150. The van der Waals surface area contributed by atoms with Crippen LogP contribution in [0.25, 0.3) is 39.6 Å². The number of urea groups is 3. The molecule has 3 aliphatic carbocycles. The smallest absolute Gasteiger partial charge is 0.320 e. The summed E-state index contributed by atoms with van der Waals surface area (Å²) in [6.45, 7) is 9.88. The summed E-state index contributed by atoms with van der Waals surface area (Å²) in [6.07, 6.45) is 10.4. The van der Waals surface area contributed by atoms with E-state index in [1.807, 2.05) is 212 Å². The third-order valence-corrected chi connectivity index (χ3v) is 21.1. The Labute approximate surface area is 641 Å². The minimum absolute atomic E-state index is 0.0454. The van der Waals surface area contributed by atoms with E-state index in [1.165, 1.54) is 5.56 Å². The Morgan fingerprint density at radius 3 is 1.17 bits per heavy atom. The monoisotopic (exact) mass is 1490 g/mol. The van der Waals surface area contributed by atoms with E-state index in [2.05, 4.69) is 71.5 Å². The molecule has 5 aromatic heterocycles. The number of benzene rings is 6. The summed E-state index contributed by atoms with van der Waals surface area (Å²) >= 11 is 0. The van der Waals surface area contributed by atoms with Gasteiger partial charge in [0.2, 0.25) is 5.88 Å². The number of nitrogens with one attached hydrogen (secondary N) is 6. The number of carbonyl (C=O) groups excluding carboxylic acids is 3. The van der Waals surface area contributed by atoms with Crippen LogP contribution in [-0.2, 0) is 28.3 Å². The number of halogens is 2. The molecule has 3 aliphatic rings. The molecule has 11 atom stereocenters. The molecule has 0 saturated heterocycles. The number of methoxy groups -OCH3 is 3. The van der Waals surface area contributed by atoms with Crippen molar-refractivity contribution < 1.29 is 42.1 Å². The zero-order valence-corrected chi connectivity index (χ0v) is 63.8. The molecule has 0 radical (unpaired) electrons. The quantitative estimate of drug-likeness (QED) is 0.0313. The van der Waals surface area contributed by atoms with Crippen molar-refractivity contribution in [3.8, 4) is 45.5 Å². The summed E-state index contributed by atoms with van der Waals surface area (Å²) in [5.74, 6) is 1.75. The van der Waals surface area contributed by atoms with Crippen LogP contribution in [0.2, 0.25) is 0 Å². The van der Waals surface area contributed by atoms with Gasteiger partial charge in [-0.25, -0.2) is 37.2 Å². The Bertz CT molecular complexity index is 4540. The van der Waals surface area contributed by atoms with Crippen LogP contribution in [0, 0.1) is 38.5 Å². The normalized spacial score (nSPS) is 20.6. The number of amides is 6. The molecular weight excluding hydrogens is 1400 g/mol. The Kier molecular flexibility index (Phi) is 26.5. The predicted molar refractivity (Wildman–Crippen MR) is 424 cm³/mol. The number of hydrogen-bond donors (Lipinski definition) is 6. The molecule has 6 amide bonds. The first kappa shape index (κ1) is 78.3. The van der Waals surface area contributed by atoms with Crippen molar-refractivity contribution >= 4 is 35.5 Å². The lowest BCUT2D eigenvalue weighted by atomic mass is 9.91. The molecular formula is C85H100F2N16O7. The fourth-order valence-electron chi connectivity index (χ4n) is 15.7. The molecule has 6 aromatic carbocycles. The highest BCUT2D eigenvalue weighted by atomic mass is 19.1. The molecule has 11 aromatic rings. The number of hydrogen-bond acceptors (Lipinski definition) is 12. The van der Waals surface area contributed by atoms with Gasteiger partial charge in [0.05, 0.1) is 41.6 Å². The highest BCUT2D eigenvalue weighted by molar-refractivity contribution is 5.93. The Balaban J connectivity index is 0.000000154. The van der Waals surface area contributed by atoms with E-state index in [0.717, 1.165) is 93.3 Å². The van der Waals surface area contributed by atoms with Crippen molar-refractivity contribution in [2.45, 2.75) is 121 Å². The molecule has 25 heteroatoms. The van der Waals surface area contributed by atoms with Gasteiger partial charge in [-0.2, -0.15) is 20.4 Å². The second-order valence-corrected chi connectivity index (χ2v) is 28.5. The summed E-state index contributed by atoms with van der Waals surface area (Å²) in [6, 6.07) is 56.9. The maximum Gasteiger partial charge on any atom is 0.320 e. The predicted octanol–water partition coefficient (Wildman–Crippen LogP) is 15.8. The number of ether oxygens (including phenoxy) is 4. The number of para-hydroxylation sites is 3. The van der Waals surface area contributed by atoms with Gasteiger partial charge in [0.25, 0.3) is 0 Å². The average molecular weight is 1500 g/mol. The Morgan fingerprint density at radius 2 is 0.800 bits per heavy atom. The standard InChI is InChI=1S/2C29H33FN6O2.C27H34N4O3/c2*1-19-27(22-17-31-35(2)18-22)34-36(23-12-8-5-9-13-23)28(19)33-29(37)32-24-16-21(14-15-38-3)26(30)25(24)20-10-6-4-7-11-20;1-4-34-26-19(2)25(31(30-26)22-13-9-6-10-14-22)29-27(32)28-24-18-20(15-16-33-3)17-23(24)21-11-7-5-8-12-21/h2*4-13,17-18,21,24-26H,14-16H2,1-3H3,(H2,32,33,37);5-14,20,23-24H,4,15-18H2,1-3H3,(H2,28,29,32)/t21-,24-,25+,26+;21-,24-,25+,26-;20-,23-,24+/m110/s1. The van der Waals surface area contributed by atoms with E-state index in [0.29, 0.717) is 74.8 Å². The number of alkyl halides is 2. The van der Waals surface area contributed by atoms with Crippen LogP contribution < -0.4 is 36.6 Å². The third kappa shape index (κ3) is 18.7. The third-order valence-electron chi connectivity index (χ3n) is 21.1. The minimum Gasteiger partial charge on any atom is -0.477 e. The lowest BCUT2D eigenvalue weighted by Gasteiger charge is -2.23.